The lowest BCUT2D eigenvalue weighted by molar-refractivity contribution is -0.135. The van der Waals surface area contributed by atoms with Gasteiger partial charge < -0.3 is 19.9 Å². The molecule has 1 aliphatic heterocycles. The molecule has 1 amide bonds. The molecule has 1 aliphatic rings. The Morgan fingerprint density at radius 2 is 1.75 bits per heavy atom. The number of unbranched alkanes of at least 4 members (excludes halogenated alkanes) is 1. The summed E-state index contributed by atoms with van der Waals surface area (Å²) in [7, 11) is 1.63. The predicted octanol–water partition coefficient (Wildman–Crippen LogP) is 2.69. The van der Waals surface area contributed by atoms with Crippen LogP contribution in [0.3, 0.4) is 0 Å². The van der Waals surface area contributed by atoms with Crippen molar-refractivity contribution in [3.05, 3.63) is 0 Å². The number of halogens is 4. The Bertz CT molecular complexity index is 400. The Hall–Kier alpha value is -0.940. The van der Waals surface area contributed by atoms with Gasteiger partial charge in [0.25, 0.3) is 0 Å². The topological polar surface area (TPSA) is 57.2 Å². The van der Waals surface area contributed by atoms with E-state index in [1.54, 1.807) is 18.9 Å². The highest BCUT2D eigenvalue weighted by molar-refractivity contribution is 14.0. The lowest BCUT2D eigenvalue weighted by Gasteiger charge is -2.35. The van der Waals surface area contributed by atoms with Gasteiger partial charge in [-0.05, 0) is 19.8 Å². The third-order valence-corrected chi connectivity index (χ3v) is 3.49. The molecule has 6 nitrogen and oxygen atoms in total. The average Bonchev–Trinajstić information content (AvgIpc) is 2.50. The largest absolute Gasteiger partial charge is 0.450 e. The second-order valence-electron chi connectivity index (χ2n) is 5.22. The van der Waals surface area contributed by atoms with E-state index >= 15 is 0 Å². The summed E-state index contributed by atoms with van der Waals surface area (Å²) in [6.45, 7) is 4.85. The number of carbonyl (C=O) groups excluding carboxylic acids is 1. The molecule has 24 heavy (non-hydrogen) atoms. The van der Waals surface area contributed by atoms with E-state index in [0.29, 0.717) is 51.7 Å². The zero-order valence-electron chi connectivity index (χ0n) is 14.1. The van der Waals surface area contributed by atoms with E-state index in [4.69, 9.17) is 4.74 Å². The first-order valence-electron chi connectivity index (χ1n) is 7.81. The first-order chi connectivity index (χ1) is 10.9. The van der Waals surface area contributed by atoms with Crippen LogP contribution in [0.2, 0.25) is 0 Å². The van der Waals surface area contributed by atoms with E-state index in [9.17, 15) is 18.0 Å². The smallest absolute Gasteiger partial charge is 0.409 e. The van der Waals surface area contributed by atoms with Gasteiger partial charge in [-0.1, -0.05) is 0 Å². The van der Waals surface area contributed by atoms with Crippen LogP contribution in [0.5, 0.6) is 0 Å². The van der Waals surface area contributed by atoms with Crippen molar-refractivity contribution in [1.82, 2.24) is 15.1 Å². The Labute approximate surface area is 157 Å². The number of nitrogens with one attached hydrogen (secondary N) is 1. The molecule has 1 N–H and O–H groups in total. The van der Waals surface area contributed by atoms with Crippen molar-refractivity contribution >= 4 is 36.0 Å². The summed E-state index contributed by atoms with van der Waals surface area (Å²) in [5.74, 6) is 0.653. The summed E-state index contributed by atoms with van der Waals surface area (Å²) in [5.41, 5.74) is 0. The first kappa shape index (κ1) is 23.1. The van der Waals surface area contributed by atoms with E-state index in [0.717, 1.165) is 0 Å². The minimum Gasteiger partial charge on any atom is -0.450 e. The molecular formula is C14H26F3IN4O2. The molecule has 0 radical (unpaired) electrons. The molecular weight excluding hydrogens is 440 g/mol. The second-order valence-corrected chi connectivity index (χ2v) is 5.22. The maximum atomic E-state index is 12.1. The monoisotopic (exact) mass is 466 g/mol. The van der Waals surface area contributed by atoms with Gasteiger partial charge in [-0.2, -0.15) is 13.2 Å². The van der Waals surface area contributed by atoms with Crippen molar-refractivity contribution in [3.8, 4) is 0 Å². The first-order valence-corrected chi connectivity index (χ1v) is 7.81. The second kappa shape index (κ2) is 11.6. The zero-order chi connectivity index (χ0) is 17.3. The van der Waals surface area contributed by atoms with Crippen molar-refractivity contribution in [2.24, 2.45) is 4.99 Å². The fraction of sp³-hybridized carbons (Fsp3) is 0.857. The molecule has 1 saturated heterocycles. The molecule has 0 aliphatic carbocycles. The number of ether oxygens (including phenoxy) is 1. The number of carbonyl (C=O) groups is 1. The Morgan fingerprint density at radius 3 is 2.25 bits per heavy atom. The quantitative estimate of drug-likeness (QED) is 0.293. The van der Waals surface area contributed by atoms with Gasteiger partial charge in [0.15, 0.2) is 5.96 Å². The van der Waals surface area contributed by atoms with Crippen molar-refractivity contribution in [1.29, 1.82) is 0 Å². The highest BCUT2D eigenvalue weighted by Crippen LogP contribution is 2.21. The third kappa shape index (κ3) is 8.78. The van der Waals surface area contributed by atoms with Gasteiger partial charge in [-0.25, -0.2) is 4.79 Å². The Kier molecular flexibility index (Phi) is 11.1. The molecule has 142 valence electrons. The standard InChI is InChI=1S/C14H25F3N4O2.HI/c1-3-23-13(22)21-10-8-20(9-11-21)12(18-2)19-7-5-4-6-14(15,16)17;/h3-11H2,1-2H3,(H,18,19);1H. The molecule has 0 aromatic carbocycles. The molecule has 1 heterocycles. The van der Waals surface area contributed by atoms with Crippen molar-refractivity contribution in [3.63, 3.8) is 0 Å². The minimum atomic E-state index is -4.09. The number of piperazine rings is 1. The average molecular weight is 466 g/mol. The molecule has 10 heteroatoms. The molecule has 1 fully saturated rings. The van der Waals surface area contributed by atoms with E-state index in [-0.39, 0.29) is 36.5 Å². The zero-order valence-corrected chi connectivity index (χ0v) is 16.4. The number of aliphatic imine (C=N–C) groups is 1. The fourth-order valence-corrected chi connectivity index (χ4v) is 2.30. The summed E-state index contributed by atoms with van der Waals surface area (Å²) >= 11 is 0. The normalized spacial score (nSPS) is 15.8. The molecule has 0 aromatic heterocycles. The van der Waals surface area contributed by atoms with Gasteiger partial charge in [0.2, 0.25) is 0 Å². The van der Waals surface area contributed by atoms with Crippen LogP contribution < -0.4 is 5.32 Å². The molecule has 1 rings (SSSR count). The molecule has 0 unspecified atom stereocenters. The SMILES string of the molecule is CCOC(=O)N1CCN(C(=NC)NCCCCC(F)(F)F)CC1.I. The maximum absolute atomic E-state index is 12.1. The van der Waals surface area contributed by atoms with Crippen LogP contribution in [0.25, 0.3) is 0 Å². The number of hydrogen-bond acceptors (Lipinski definition) is 3. The van der Waals surface area contributed by atoms with Crippen molar-refractivity contribution in [2.45, 2.75) is 32.4 Å². The molecule has 0 bridgehead atoms. The summed E-state index contributed by atoms with van der Waals surface area (Å²) in [6.07, 6.45) is -4.63. The highest BCUT2D eigenvalue weighted by atomic mass is 127. The van der Waals surface area contributed by atoms with E-state index in [1.165, 1.54) is 0 Å². The molecule has 0 aromatic rings. The number of guanidine groups is 1. The van der Waals surface area contributed by atoms with E-state index < -0.39 is 12.6 Å². The Balaban J connectivity index is 0.00000529. The van der Waals surface area contributed by atoms with Crippen LogP contribution in [0.4, 0.5) is 18.0 Å². The fourth-order valence-electron chi connectivity index (χ4n) is 2.30. The predicted molar refractivity (Wildman–Crippen MR) is 96.9 cm³/mol. The number of nitrogens with zero attached hydrogens (tertiary/aromatic N) is 3. The van der Waals surface area contributed by atoms with Gasteiger partial charge in [0, 0.05) is 46.2 Å². The highest BCUT2D eigenvalue weighted by Gasteiger charge is 2.26. The number of alkyl halides is 3. The summed E-state index contributed by atoms with van der Waals surface area (Å²) < 4.78 is 41.1. The lowest BCUT2D eigenvalue weighted by Crippen LogP contribution is -2.54. The number of amides is 1. The number of hydrogen-bond donors (Lipinski definition) is 1. The van der Waals surface area contributed by atoms with E-state index in [1.807, 2.05) is 4.90 Å². The maximum Gasteiger partial charge on any atom is 0.409 e. The van der Waals surface area contributed by atoms with Crippen LogP contribution in [0.1, 0.15) is 26.2 Å². The summed E-state index contributed by atoms with van der Waals surface area (Å²) in [6, 6.07) is 0. The van der Waals surface area contributed by atoms with Gasteiger partial charge >= 0.3 is 12.3 Å². The van der Waals surface area contributed by atoms with Crippen LogP contribution in [0, 0.1) is 0 Å². The third-order valence-electron chi connectivity index (χ3n) is 3.49. The summed E-state index contributed by atoms with van der Waals surface area (Å²) in [5, 5.41) is 3.07. The van der Waals surface area contributed by atoms with Gasteiger partial charge in [-0.15, -0.1) is 24.0 Å². The van der Waals surface area contributed by atoms with Gasteiger partial charge in [-0.3, -0.25) is 4.99 Å². The van der Waals surface area contributed by atoms with Crippen LogP contribution in [-0.4, -0.2) is 74.4 Å². The van der Waals surface area contributed by atoms with Gasteiger partial charge in [0.05, 0.1) is 6.61 Å². The molecule has 0 spiro atoms. The minimum absolute atomic E-state index is 0. The van der Waals surface area contributed by atoms with Gasteiger partial charge in [0.1, 0.15) is 0 Å². The number of rotatable bonds is 5. The van der Waals surface area contributed by atoms with E-state index in [2.05, 4.69) is 10.3 Å². The van der Waals surface area contributed by atoms with Crippen LogP contribution in [-0.2, 0) is 4.74 Å². The van der Waals surface area contributed by atoms with Crippen LogP contribution >= 0.6 is 24.0 Å². The van der Waals surface area contributed by atoms with Crippen LogP contribution in [0.15, 0.2) is 4.99 Å². The van der Waals surface area contributed by atoms with Crippen molar-refractivity contribution in [2.75, 3.05) is 46.4 Å². The summed E-state index contributed by atoms with van der Waals surface area (Å²) in [4.78, 5) is 19.4. The molecule has 0 atom stereocenters. The molecule has 0 saturated carbocycles. The Morgan fingerprint density at radius 1 is 1.17 bits per heavy atom. The lowest BCUT2D eigenvalue weighted by atomic mass is 10.2. The van der Waals surface area contributed by atoms with Crippen molar-refractivity contribution < 1.29 is 22.7 Å².